The number of nitrogens with zero attached hydrogens (tertiary/aromatic N) is 1. The largest absolute Gasteiger partial charge is 0.508 e. The average molecular weight is 397 g/mol. The molecule has 1 aliphatic carbocycles. The van der Waals surface area contributed by atoms with Crippen molar-refractivity contribution in [2.24, 2.45) is 0 Å². The molecule has 1 fully saturated rings. The molecule has 1 aromatic rings. The SMILES string of the molecule is C=C/C=C\C=C1/CN(CC(=O)OCC)C(=O)C1(O)c1cc2c(cc1O)CCCC2. The van der Waals surface area contributed by atoms with Crippen LogP contribution in [0.5, 0.6) is 5.75 Å². The minimum Gasteiger partial charge on any atom is -0.508 e. The molecular weight excluding hydrogens is 370 g/mol. The van der Waals surface area contributed by atoms with Gasteiger partial charge < -0.3 is 19.8 Å². The van der Waals surface area contributed by atoms with E-state index in [-0.39, 0.29) is 31.0 Å². The van der Waals surface area contributed by atoms with Crippen LogP contribution in [0.2, 0.25) is 0 Å². The van der Waals surface area contributed by atoms with Gasteiger partial charge >= 0.3 is 5.97 Å². The Morgan fingerprint density at radius 1 is 1.28 bits per heavy atom. The highest BCUT2D eigenvalue weighted by molar-refractivity contribution is 5.96. The fraction of sp³-hybridized carbons (Fsp3) is 0.391. The minimum atomic E-state index is -2.03. The third-order valence-electron chi connectivity index (χ3n) is 5.44. The highest BCUT2D eigenvalue weighted by Gasteiger charge is 2.52. The highest BCUT2D eigenvalue weighted by atomic mass is 16.5. The van der Waals surface area contributed by atoms with Crippen molar-refractivity contribution in [3.05, 3.63) is 65.3 Å². The number of carbonyl (C=O) groups is 2. The van der Waals surface area contributed by atoms with Gasteiger partial charge in [0.2, 0.25) is 0 Å². The molecule has 3 rings (SSSR count). The van der Waals surface area contributed by atoms with E-state index in [9.17, 15) is 19.8 Å². The number of hydrogen-bond donors (Lipinski definition) is 2. The predicted octanol–water partition coefficient (Wildman–Crippen LogP) is 2.53. The molecule has 2 aliphatic rings. The number of fused-ring (bicyclic) bond motifs is 1. The van der Waals surface area contributed by atoms with E-state index in [4.69, 9.17) is 4.74 Å². The number of hydrogen-bond acceptors (Lipinski definition) is 5. The van der Waals surface area contributed by atoms with E-state index in [1.54, 1.807) is 43.4 Å². The van der Waals surface area contributed by atoms with Crippen LogP contribution in [-0.4, -0.2) is 46.7 Å². The second-order valence-corrected chi connectivity index (χ2v) is 7.33. The first-order valence-electron chi connectivity index (χ1n) is 9.93. The highest BCUT2D eigenvalue weighted by Crippen LogP contribution is 2.43. The number of phenols is 1. The summed E-state index contributed by atoms with van der Waals surface area (Å²) in [6.07, 6.45) is 10.4. The zero-order chi connectivity index (χ0) is 21.0. The summed E-state index contributed by atoms with van der Waals surface area (Å²) < 4.78 is 4.95. The molecule has 0 radical (unpaired) electrons. The van der Waals surface area contributed by atoms with Gasteiger partial charge in [-0.15, -0.1) is 0 Å². The monoisotopic (exact) mass is 397 g/mol. The number of allylic oxidation sites excluding steroid dienone is 4. The van der Waals surface area contributed by atoms with Crippen LogP contribution in [0.4, 0.5) is 0 Å². The lowest BCUT2D eigenvalue weighted by molar-refractivity contribution is -0.151. The Bertz CT molecular complexity index is 885. The summed E-state index contributed by atoms with van der Waals surface area (Å²) in [6.45, 7) is 5.32. The van der Waals surface area contributed by atoms with E-state index >= 15 is 0 Å². The number of phenolic OH excluding ortho intramolecular Hbond substituents is 1. The summed E-state index contributed by atoms with van der Waals surface area (Å²) in [5, 5.41) is 22.2. The van der Waals surface area contributed by atoms with Crippen molar-refractivity contribution in [3.8, 4) is 5.75 Å². The average Bonchev–Trinajstić information content (AvgIpc) is 2.93. The van der Waals surface area contributed by atoms with Crippen LogP contribution < -0.4 is 0 Å². The number of aryl methyl sites for hydroxylation is 2. The van der Waals surface area contributed by atoms with E-state index in [1.807, 2.05) is 0 Å². The second kappa shape index (κ2) is 8.66. The van der Waals surface area contributed by atoms with Gasteiger partial charge in [-0.25, -0.2) is 0 Å². The number of amides is 1. The van der Waals surface area contributed by atoms with Crippen LogP contribution in [0, 0.1) is 0 Å². The van der Waals surface area contributed by atoms with Crippen molar-refractivity contribution in [2.75, 3.05) is 19.7 Å². The first-order chi connectivity index (χ1) is 13.9. The Hall–Kier alpha value is -2.86. The minimum absolute atomic E-state index is 0.0617. The van der Waals surface area contributed by atoms with E-state index < -0.39 is 17.5 Å². The zero-order valence-corrected chi connectivity index (χ0v) is 16.7. The van der Waals surface area contributed by atoms with Gasteiger partial charge in [-0.05, 0) is 61.4 Å². The number of aromatic hydroxyl groups is 1. The Balaban J connectivity index is 2.05. The van der Waals surface area contributed by atoms with Gasteiger partial charge in [0.1, 0.15) is 12.3 Å². The number of ether oxygens (including phenoxy) is 1. The second-order valence-electron chi connectivity index (χ2n) is 7.33. The molecule has 1 aliphatic heterocycles. The van der Waals surface area contributed by atoms with Gasteiger partial charge in [0.25, 0.3) is 5.91 Å². The number of benzene rings is 1. The molecule has 6 nitrogen and oxygen atoms in total. The summed E-state index contributed by atoms with van der Waals surface area (Å²) in [4.78, 5) is 26.4. The molecule has 29 heavy (non-hydrogen) atoms. The molecule has 0 spiro atoms. The summed E-state index contributed by atoms with van der Waals surface area (Å²) >= 11 is 0. The van der Waals surface area contributed by atoms with Crippen molar-refractivity contribution in [1.29, 1.82) is 0 Å². The molecule has 1 heterocycles. The molecule has 1 saturated heterocycles. The van der Waals surface area contributed by atoms with E-state index in [0.717, 1.165) is 36.8 Å². The van der Waals surface area contributed by atoms with Gasteiger partial charge in [-0.1, -0.05) is 30.9 Å². The Kier molecular flexibility index (Phi) is 6.23. The van der Waals surface area contributed by atoms with E-state index in [1.165, 1.54) is 4.90 Å². The lowest BCUT2D eigenvalue weighted by atomic mass is 9.82. The number of esters is 1. The maximum atomic E-state index is 13.2. The standard InChI is InChI=1S/C23H27NO5/c1-3-5-6-11-18-14-24(15-21(26)29-4-2)22(27)23(18,28)19-12-16-9-7-8-10-17(16)13-20(19)25/h3,5-6,11-13,25,28H,1,4,7-10,14-15H2,2H3/b6-5-,18-11+. The molecule has 6 heteroatoms. The van der Waals surface area contributed by atoms with Crippen LogP contribution in [-0.2, 0) is 32.8 Å². The van der Waals surface area contributed by atoms with Crippen molar-refractivity contribution in [1.82, 2.24) is 4.90 Å². The Morgan fingerprint density at radius 2 is 1.97 bits per heavy atom. The molecule has 0 bridgehead atoms. The topological polar surface area (TPSA) is 87.1 Å². The van der Waals surface area contributed by atoms with Crippen LogP contribution in [0.15, 0.2) is 48.6 Å². The fourth-order valence-electron chi connectivity index (χ4n) is 4.02. The third kappa shape index (κ3) is 3.98. The summed E-state index contributed by atoms with van der Waals surface area (Å²) in [6, 6.07) is 3.39. The normalized spacial score (nSPS) is 22.9. The Labute approximate surface area is 170 Å². The van der Waals surface area contributed by atoms with Crippen molar-refractivity contribution < 1.29 is 24.5 Å². The van der Waals surface area contributed by atoms with Crippen LogP contribution in [0.25, 0.3) is 0 Å². The maximum absolute atomic E-state index is 13.2. The fourth-order valence-corrected chi connectivity index (χ4v) is 4.02. The van der Waals surface area contributed by atoms with E-state index in [0.29, 0.717) is 5.57 Å². The van der Waals surface area contributed by atoms with Crippen molar-refractivity contribution in [3.63, 3.8) is 0 Å². The molecular formula is C23H27NO5. The van der Waals surface area contributed by atoms with Gasteiger partial charge in [-0.2, -0.15) is 0 Å². The first kappa shape index (κ1) is 20.9. The van der Waals surface area contributed by atoms with Crippen LogP contribution in [0.3, 0.4) is 0 Å². The van der Waals surface area contributed by atoms with Crippen molar-refractivity contribution in [2.45, 2.75) is 38.2 Å². The number of likely N-dealkylation sites (tertiary alicyclic amines) is 1. The smallest absolute Gasteiger partial charge is 0.325 e. The first-order valence-corrected chi connectivity index (χ1v) is 9.93. The molecule has 154 valence electrons. The molecule has 2 N–H and O–H groups in total. The number of rotatable bonds is 6. The molecule has 1 amide bonds. The molecule has 0 saturated carbocycles. The van der Waals surface area contributed by atoms with Crippen LogP contribution in [0.1, 0.15) is 36.5 Å². The summed E-state index contributed by atoms with van der Waals surface area (Å²) in [5.74, 6) is -1.30. The Morgan fingerprint density at radius 3 is 2.62 bits per heavy atom. The van der Waals surface area contributed by atoms with Gasteiger partial charge in [0, 0.05) is 12.1 Å². The predicted molar refractivity (Wildman–Crippen MR) is 109 cm³/mol. The van der Waals surface area contributed by atoms with Gasteiger partial charge in [0.15, 0.2) is 5.60 Å². The van der Waals surface area contributed by atoms with Gasteiger partial charge in [-0.3, -0.25) is 9.59 Å². The third-order valence-corrected chi connectivity index (χ3v) is 5.44. The van der Waals surface area contributed by atoms with Gasteiger partial charge in [0.05, 0.1) is 6.61 Å². The maximum Gasteiger partial charge on any atom is 0.325 e. The molecule has 1 aromatic carbocycles. The quantitative estimate of drug-likeness (QED) is 0.569. The summed E-state index contributed by atoms with van der Waals surface area (Å²) in [7, 11) is 0. The zero-order valence-electron chi connectivity index (χ0n) is 16.7. The lowest BCUT2D eigenvalue weighted by Crippen LogP contribution is -2.40. The lowest BCUT2D eigenvalue weighted by Gasteiger charge is -2.27. The van der Waals surface area contributed by atoms with Crippen molar-refractivity contribution >= 4 is 11.9 Å². The molecule has 0 aromatic heterocycles. The number of carbonyl (C=O) groups excluding carboxylic acids is 2. The molecule has 1 atom stereocenters. The number of aliphatic hydroxyl groups is 1. The van der Waals surface area contributed by atoms with E-state index in [2.05, 4.69) is 6.58 Å². The summed E-state index contributed by atoms with van der Waals surface area (Å²) in [5.41, 5.74) is 0.597. The van der Waals surface area contributed by atoms with Crippen LogP contribution >= 0.6 is 0 Å². The molecule has 1 unspecified atom stereocenters.